The molecule has 0 aliphatic heterocycles. The highest BCUT2D eigenvalue weighted by Gasteiger charge is 2.13. The molecule has 0 fully saturated rings. The number of rotatable bonds is 5. The number of nitrogens with one attached hydrogen (secondary N) is 1. The van der Waals surface area contributed by atoms with Crippen LogP contribution in [0.1, 0.15) is 11.9 Å². The highest BCUT2D eigenvalue weighted by atomic mass is 32.2. The Bertz CT molecular complexity index is 453. The Morgan fingerprint density at radius 3 is 2.71 bits per heavy atom. The van der Waals surface area contributed by atoms with Crippen LogP contribution in [0.3, 0.4) is 0 Å². The number of nitrogens with zero attached hydrogens (tertiary/aromatic N) is 2. The quantitative estimate of drug-likeness (QED) is 0.823. The van der Waals surface area contributed by atoms with Gasteiger partial charge < -0.3 is 9.88 Å². The number of aromatic nitrogens is 2. The molecule has 90 valence electrons. The molecule has 17 heavy (non-hydrogen) atoms. The first kappa shape index (κ1) is 12.2. The van der Waals surface area contributed by atoms with Gasteiger partial charge in [0.1, 0.15) is 5.82 Å². The number of benzene rings is 1. The van der Waals surface area contributed by atoms with Gasteiger partial charge in [-0.3, -0.25) is 0 Å². The highest BCUT2D eigenvalue weighted by Crippen LogP contribution is 2.23. The summed E-state index contributed by atoms with van der Waals surface area (Å²) in [5.74, 6) is 2.06. The second-order valence-corrected chi connectivity index (χ2v) is 4.96. The fourth-order valence-corrected chi connectivity index (χ4v) is 2.72. The largest absolute Gasteiger partial charge is 0.337 e. The number of imidazole rings is 1. The summed E-state index contributed by atoms with van der Waals surface area (Å²) < 4.78 is 2.06. The third-order valence-corrected chi connectivity index (χ3v) is 3.78. The molecule has 1 aromatic carbocycles. The van der Waals surface area contributed by atoms with Gasteiger partial charge in [0.15, 0.2) is 0 Å². The molecule has 0 aliphatic carbocycles. The first-order valence-corrected chi connectivity index (χ1v) is 6.62. The van der Waals surface area contributed by atoms with Crippen molar-refractivity contribution < 1.29 is 0 Å². The summed E-state index contributed by atoms with van der Waals surface area (Å²) in [6.07, 6.45) is 3.82. The molecule has 0 aliphatic rings. The van der Waals surface area contributed by atoms with Crippen LogP contribution < -0.4 is 5.32 Å². The number of hydrogen-bond donors (Lipinski definition) is 1. The van der Waals surface area contributed by atoms with Gasteiger partial charge in [-0.05, 0) is 19.2 Å². The summed E-state index contributed by atoms with van der Waals surface area (Å²) in [6.45, 7) is 0. The monoisotopic (exact) mass is 247 g/mol. The van der Waals surface area contributed by atoms with Crippen molar-refractivity contribution in [3.05, 3.63) is 48.5 Å². The maximum atomic E-state index is 4.39. The number of aryl methyl sites for hydroxylation is 1. The average molecular weight is 247 g/mol. The Morgan fingerprint density at radius 2 is 2.12 bits per heavy atom. The molecule has 2 aromatic rings. The zero-order valence-corrected chi connectivity index (χ0v) is 10.9. The van der Waals surface area contributed by atoms with Crippen LogP contribution in [0.15, 0.2) is 47.6 Å². The zero-order valence-electron chi connectivity index (χ0n) is 10.1. The van der Waals surface area contributed by atoms with Crippen molar-refractivity contribution in [2.24, 2.45) is 7.05 Å². The fourth-order valence-electron chi connectivity index (χ4n) is 1.70. The van der Waals surface area contributed by atoms with E-state index in [1.165, 1.54) is 4.90 Å². The van der Waals surface area contributed by atoms with Gasteiger partial charge in [0, 0.05) is 30.1 Å². The molecule has 1 heterocycles. The number of hydrogen-bond acceptors (Lipinski definition) is 3. The molecule has 1 unspecified atom stereocenters. The van der Waals surface area contributed by atoms with Crippen molar-refractivity contribution in [1.82, 2.24) is 14.9 Å². The maximum absolute atomic E-state index is 4.39. The summed E-state index contributed by atoms with van der Waals surface area (Å²) in [6, 6.07) is 10.7. The van der Waals surface area contributed by atoms with Gasteiger partial charge in [-0.1, -0.05) is 18.2 Å². The van der Waals surface area contributed by atoms with Gasteiger partial charge in [-0.25, -0.2) is 4.98 Å². The summed E-state index contributed by atoms with van der Waals surface area (Å²) in [4.78, 5) is 5.68. The lowest BCUT2D eigenvalue weighted by Crippen LogP contribution is -2.22. The third-order valence-electron chi connectivity index (χ3n) is 2.68. The van der Waals surface area contributed by atoms with Crippen LogP contribution in [-0.4, -0.2) is 22.4 Å². The molecule has 0 amide bonds. The summed E-state index contributed by atoms with van der Waals surface area (Å²) in [7, 11) is 4.00. The smallest absolute Gasteiger partial charge is 0.126 e. The van der Waals surface area contributed by atoms with E-state index in [0.717, 1.165) is 11.6 Å². The molecular weight excluding hydrogens is 230 g/mol. The highest BCUT2D eigenvalue weighted by molar-refractivity contribution is 7.99. The van der Waals surface area contributed by atoms with Gasteiger partial charge in [0.05, 0.1) is 6.04 Å². The minimum atomic E-state index is 0.278. The van der Waals surface area contributed by atoms with Crippen molar-refractivity contribution >= 4 is 11.8 Å². The zero-order chi connectivity index (χ0) is 12.1. The second kappa shape index (κ2) is 5.89. The van der Waals surface area contributed by atoms with Gasteiger partial charge in [-0.15, -0.1) is 11.8 Å². The summed E-state index contributed by atoms with van der Waals surface area (Å²) in [5.41, 5.74) is 0. The molecule has 0 spiro atoms. The van der Waals surface area contributed by atoms with E-state index in [1.54, 1.807) is 0 Å². The minimum Gasteiger partial charge on any atom is -0.337 e. The lowest BCUT2D eigenvalue weighted by atomic mass is 10.3. The van der Waals surface area contributed by atoms with Crippen LogP contribution in [-0.2, 0) is 7.05 Å². The van der Waals surface area contributed by atoms with E-state index in [-0.39, 0.29) is 6.04 Å². The standard InChI is InChI=1S/C13H17N3S/c1-14-12(13-15-8-9-16(13)2)10-17-11-6-4-3-5-7-11/h3-9,12,14H,10H2,1-2H3. The SMILES string of the molecule is CNC(CSc1ccccc1)c1nccn1C. The van der Waals surface area contributed by atoms with E-state index in [0.29, 0.717) is 0 Å². The Hall–Kier alpha value is -1.26. The van der Waals surface area contributed by atoms with Gasteiger partial charge in [0.2, 0.25) is 0 Å². The maximum Gasteiger partial charge on any atom is 0.126 e. The van der Waals surface area contributed by atoms with Gasteiger partial charge in [0.25, 0.3) is 0 Å². The molecular formula is C13H17N3S. The topological polar surface area (TPSA) is 29.9 Å². The minimum absolute atomic E-state index is 0.278. The molecule has 4 heteroatoms. The molecule has 0 saturated carbocycles. The van der Waals surface area contributed by atoms with Crippen molar-refractivity contribution in [3.8, 4) is 0 Å². The van der Waals surface area contributed by atoms with E-state index in [2.05, 4.69) is 39.1 Å². The number of thioether (sulfide) groups is 1. The van der Waals surface area contributed by atoms with Crippen LogP contribution >= 0.6 is 11.8 Å². The summed E-state index contributed by atoms with van der Waals surface area (Å²) >= 11 is 1.84. The molecule has 0 bridgehead atoms. The average Bonchev–Trinajstić information content (AvgIpc) is 2.78. The van der Waals surface area contributed by atoms with Gasteiger partial charge >= 0.3 is 0 Å². The molecule has 0 radical (unpaired) electrons. The van der Waals surface area contributed by atoms with Crippen molar-refractivity contribution in [2.75, 3.05) is 12.8 Å². The Kier molecular flexibility index (Phi) is 4.23. The van der Waals surface area contributed by atoms with E-state index in [1.807, 2.05) is 44.3 Å². The Labute approximate surface area is 106 Å². The first-order valence-electron chi connectivity index (χ1n) is 5.63. The van der Waals surface area contributed by atoms with Crippen molar-refractivity contribution in [3.63, 3.8) is 0 Å². The molecule has 1 N–H and O–H groups in total. The van der Waals surface area contributed by atoms with Crippen LogP contribution in [0.4, 0.5) is 0 Å². The van der Waals surface area contributed by atoms with E-state index >= 15 is 0 Å². The second-order valence-electron chi connectivity index (χ2n) is 3.86. The third kappa shape index (κ3) is 3.11. The van der Waals surface area contributed by atoms with Crippen LogP contribution in [0.5, 0.6) is 0 Å². The van der Waals surface area contributed by atoms with Crippen molar-refractivity contribution in [2.45, 2.75) is 10.9 Å². The van der Waals surface area contributed by atoms with Crippen molar-refractivity contribution in [1.29, 1.82) is 0 Å². The predicted octanol–water partition coefficient (Wildman–Crippen LogP) is 2.47. The normalized spacial score (nSPS) is 12.6. The Balaban J connectivity index is 2.00. The van der Waals surface area contributed by atoms with Gasteiger partial charge in [-0.2, -0.15) is 0 Å². The van der Waals surface area contributed by atoms with E-state index < -0.39 is 0 Å². The van der Waals surface area contributed by atoms with Crippen LogP contribution in [0.2, 0.25) is 0 Å². The molecule has 1 atom stereocenters. The van der Waals surface area contributed by atoms with Crippen LogP contribution in [0.25, 0.3) is 0 Å². The van der Waals surface area contributed by atoms with E-state index in [9.17, 15) is 0 Å². The molecule has 2 rings (SSSR count). The first-order chi connectivity index (χ1) is 8.31. The predicted molar refractivity (Wildman–Crippen MR) is 72.2 cm³/mol. The lowest BCUT2D eigenvalue weighted by molar-refractivity contribution is 0.593. The van der Waals surface area contributed by atoms with Crippen LogP contribution in [0, 0.1) is 0 Å². The summed E-state index contributed by atoms with van der Waals surface area (Å²) in [5, 5.41) is 3.31. The molecule has 1 aromatic heterocycles. The molecule has 3 nitrogen and oxygen atoms in total. The Morgan fingerprint density at radius 1 is 1.35 bits per heavy atom. The lowest BCUT2D eigenvalue weighted by Gasteiger charge is -2.15. The van der Waals surface area contributed by atoms with E-state index in [4.69, 9.17) is 0 Å². The fraction of sp³-hybridized carbons (Fsp3) is 0.308. The molecule has 0 saturated heterocycles.